The normalized spacial score (nSPS) is 13.2. The minimum atomic E-state index is -0.534. The van der Waals surface area contributed by atoms with Gasteiger partial charge in [-0.15, -0.1) is 0 Å². The van der Waals surface area contributed by atoms with Crippen molar-refractivity contribution >= 4 is 11.6 Å². The molecule has 0 N–H and O–H groups in total. The standard InChI is InChI=1S/C17H16ClNO/c1-17(13-19,14-5-3-2-4-6-14)11-12-20-16-9-7-15(18)8-10-16/h2-10H,11-12H2,1H3. The van der Waals surface area contributed by atoms with Gasteiger partial charge in [-0.3, -0.25) is 0 Å². The van der Waals surface area contributed by atoms with Crippen LogP contribution in [0.5, 0.6) is 5.75 Å². The zero-order valence-electron chi connectivity index (χ0n) is 11.3. The third-order valence-electron chi connectivity index (χ3n) is 3.34. The molecule has 0 aliphatic rings. The third-order valence-corrected chi connectivity index (χ3v) is 3.59. The molecule has 2 nitrogen and oxygen atoms in total. The molecule has 1 unspecified atom stereocenters. The van der Waals surface area contributed by atoms with Gasteiger partial charge in [0.25, 0.3) is 0 Å². The molecule has 20 heavy (non-hydrogen) atoms. The number of rotatable bonds is 5. The van der Waals surface area contributed by atoms with Crippen LogP contribution in [0.2, 0.25) is 5.02 Å². The summed E-state index contributed by atoms with van der Waals surface area (Å²) in [5.41, 5.74) is 0.482. The highest BCUT2D eigenvalue weighted by Crippen LogP contribution is 2.27. The van der Waals surface area contributed by atoms with Gasteiger partial charge < -0.3 is 4.74 Å². The first-order valence-corrected chi connectivity index (χ1v) is 6.87. The average Bonchev–Trinajstić information content (AvgIpc) is 2.50. The third kappa shape index (κ3) is 3.53. The summed E-state index contributed by atoms with van der Waals surface area (Å²) in [5, 5.41) is 10.1. The summed E-state index contributed by atoms with van der Waals surface area (Å²) in [6, 6.07) is 19.4. The van der Waals surface area contributed by atoms with E-state index >= 15 is 0 Å². The fourth-order valence-corrected chi connectivity index (χ4v) is 2.10. The first-order chi connectivity index (χ1) is 9.64. The van der Waals surface area contributed by atoms with Crippen molar-refractivity contribution < 1.29 is 4.74 Å². The molecular formula is C17H16ClNO. The summed E-state index contributed by atoms with van der Waals surface area (Å²) < 4.78 is 5.67. The predicted molar refractivity (Wildman–Crippen MR) is 81.0 cm³/mol. The van der Waals surface area contributed by atoms with Crippen molar-refractivity contribution in [2.75, 3.05) is 6.61 Å². The Labute approximate surface area is 124 Å². The molecule has 0 saturated heterocycles. The molecule has 2 aromatic rings. The number of nitriles is 1. The average molecular weight is 286 g/mol. The Morgan fingerprint density at radius 3 is 2.35 bits per heavy atom. The van der Waals surface area contributed by atoms with Crippen LogP contribution in [0.25, 0.3) is 0 Å². The summed E-state index contributed by atoms with van der Waals surface area (Å²) in [6.07, 6.45) is 0.635. The SMILES string of the molecule is CC(C#N)(CCOc1ccc(Cl)cc1)c1ccccc1. The van der Waals surface area contributed by atoms with Crippen LogP contribution < -0.4 is 4.74 Å². The van der Waals surface area contributed by atoms with Gasteiger partial charge in [-0.2, -0.15) is 5.26 Å². The lowest BCUT2D eigenvalue weighted by Gasteiger charge is -2.22. The van der Waals surface area contributed by atoms with Gasteiger partial charge in [0.1, 0.15) is 5.75 Å². The first-order valence-electron chi connectivity index (χ1n) is 6.49. The Bertz CT molecular complexity index is 589. The largest absolute Gasteiger partial charge is 0.494 e. The fraction of sp³-hybridized carbons (Fsp3) is 0.235. The molecule has 0 aliphatic heterocycles. The molecule has 0 amide bonds. The fourth-order valence-electron chi connectivity index (χ4n) is 1.97. The summed E-state index contributed by atoms with van der Waals surface area (Å²) in [6.45, 7) is 2.42. The smallest absolute Gasteiger partial charge is 0.119 e. The molecule has 0 bridgehead atoms. The molecule has 0 aliphatic carbocycles. The van der Waals surface area contributed by atoms with E-state index < -0.39 is 5.41 Å². The van der Waals surface area contributed by atoms with Crippen LogP contribution in [-0.2, 0) is 5.41 Å². The second kappa shape index (κ2) is 6.45. The van der Waals surface area contributed by atoms with E-state index in [1.165, 1.54) is 0 Å². The minimum absolute atomic E-state index is 0.487. The number of hydrogen-bond acceptors (Lipinski definition) is 2. The number of ether oxygens (including phenoxy) is 1. The van der Waals surface area contributed by atoms with Crippen LogP contribution >= 0.6 is 11.6 Å². The molecule has 0 radical (unpaired) electrons. The molecule has 102 valence electrons. The van der Waals surface area contributed by atoms with Gasteiger partial charge in [-0.1, -0.05) is 41.9 Å². The highest BCUT2D eigenvalue weighted by molar-refractivity contribution is 6.30. The van der Waals surface area contributed by atoms with E-state index in [2.05, 4.69) is 6.07 Å². The van der Waals surface area contributed by atoms with Crippen molar-refractivity contribution in [2.24, 2.45) is 0 Å². The lowest BCUT2D eigenvalue weighted by molar-refractivity contribution is 0.285. The molecule has 0 aromatic heterocycles. The van der Waals surface area contributed by atoms with Gasteiger partial charge in [0, 0.05) is 11.4 Å². The topological polar surface area (TPSA) is 33.0 Å². The molecule has 0 heterocycles. The lowest BCUT2D eigenvalue weighted by atomic mass is 9.81. The highest BCUT2D eigenvalue weighted by Gasteiger charge is 2.26. The predicted octanol–water partition coefficient (Wildman–Crippen LogP) is 4.59. The van der Waals surface area contributed by atoms with Crippen LogP contribution in [0.1, 0.15) is 18.9 Å². The zero-order valence-corrected chi connectivity index (χ0v) is 12.1. The van der Waals surface area contributed by atoms with Gasteiger partial charge in [0.15, 0.2) is 0 Å². The summed E-state index contributed by atoms with van der Waals surface area (Å²) in [4.78, 5) is 0. The second-order valence-electron chi connectivity index (χ2n) is 4.86. The van der Waals surface area contributed by atoms with Gasteiger partial charge in [-0.25, -0.2) is 0 Å². The molecule has 0 fully saturated rings. The maximum absolute atomic E-state index is 9.45. The van der Waals surface area contributed by atoms with Crippen LogP contribution in [0, 0.1) is 11.3 Å². The van der Waals surface area contributed by atoms with E-state index in [4.69, 9.17) is 16.3 Å². The van der Waals surface area contributed by atoms with Gasteiger partial charge in [-0.05, 0) is 36.8 Å². The van der Waals surface area contributed by atoms with Crippen LogP contribution in [0.4, 0.5) is 0 Å². The molecule has 1 atom stereocenters. The molecule has 3 heteroatoms. The maximum atomic E-state index is 9.45. The number of nitrogens with zero attached hydrogens (tertiary/aromatic N) is 1. The van der Waals surface area contributed by atoms with E-state index in [1.54, 1.807) is 12.1 Å². The van der Waals surface area contributed by atoms with E-state index in [-0.39, 0.29) is 0 Å². The quantitative estimate of drug-likeness (QED) is 0.805. The lowest BCUT2D eigenvalue weighted by Crippen LogP contribution is -2.22. The Balaban J connectivity index is 1.98. The van der Waals surface area contributed by atoms with Crippen molar-refractivity contribution in [3.05, 3.63) is 65.2 Å². The monoisotopic (exact) mass is 285 g/mol. The van der Waals surface area contributed by atoms with Crippen LogP contribution in [0.3, 0.4) is 0 Å². The van der Waals surface area contributed by atoms with E-state index in [0.717, 1.165) is 11.3 Å². The number of halogens is 1. The Morgan fingerprint density at radius 1 is 1.10 bits per heavy atom. The van der Waals surface area contributed by atoms with E-state index in [9.17, 15) is 5.26 Å². The second-order valence-corrected chi connectivity index (χ2v) is 5.30. The molecule has 2 rings (SSSR count). The van der Waals surface area contributed by atoms with Crippen molar-refractivity contribution in [3.8, 4) is 11.8 Å². The van der Waals surface area contributed by atoms with E-state index in [0.29, 0.717) is 18.1 Å². The van der Waals surface area contributed by atoms with Crippen molar-refractivity contribution in [1.29, 1.82) is 5.26 Å². The van der Waals surface area contributed by atoms with Crippen molar-refractivity contribution in [3.63, 3.8) is 0 Å². The summed E-state index contributed by atoms with van der Waals surface area (Å²) in [7, 11) is 0. The molecule has 2 aromatic carbocycles. The van der Waals surface area contributed by atoms with Crippen molar-refractivity contribution in [2.45, 2.75) is 18.8 Å². The Kier molecular flexibility index (Phi) is 4.65. The first kappa shape index (κ1) is 14.4. The zero-order chi connectivity index (χ0) is 14.4. The van der Waals surface area contributed by atoms with Gasteiger partial charge >= 0.3 is 0 Å². The minimum Gasteiger partial charge on any atom is -0.494 e. The highest BCUT2D eigenvalue weighted by atomic mass is 35.5. The summed E-state index contributed by atoms with van der Waals surface area (Å²) in [5.74, 6) is 0.766. The molecular weight excluding hydrogens is 270 g/mol. The molecule has 0 saturated carbocycles. The maximum Gasteiger partial charge on any atom is 0.119 e. The summed E-state index contributed by atoms with van der Waals surface area (Å²) >= 11 is 5.82. The van der Waals surface area contributed by atoms with E-state index in [1.807, 2.05) is 49.4 Å². The van der Waals surface area contributed by atoms with Crippen LogP contribution in [-0.4, -0.2) is 6.61 Å². The van der Waals surface area contributed by atoms with Gasteiger partial charge in [0.2, 0.25) is 0 Å². The Hall–Kier alpha value is -1.98. The number of benzene rings is 2. The molecule has 0 spiro atoms. The Morgan fingerprint density at radius 2 is 1.75 bits per heavy atom. The van der Waals surface area contributed by atoms with Crippen molar-refractivity contribution in [1.82, 2.24) is 0 Å². The van der Waals surface area contributed by atoms with Crippen LogP contribution in [0.15, 0.2) is 54.6 Å². The van der Waals surface area contributed by atoms with Gasteiger partial charge in [0.05, 0.1) is 18.1 Å². The number of hydrogen-bond donors (Lipinski definition) is 0.